The largest absolute Gasteiger partial charge is 0.103 e. The van der Waals surface area contributed by atoms with Crippen molar-refractivity contribution in [3.05, 3.63) is 77.3 Å². The van der Waals surface area contributed by atoms with Crippen molar-refractivity contribution in [3.8, 4) is 0 Å². The van der Waals surface area contributed by atoms with Gasteiger partial charge in [-0.05, 0) is 11.6 Å². The molecule has 1 atom stereocenters. The third-order valence-electron chi connectivity index (χ3n) is 3.77. The van der Waals surface area contributed by atoms with E-state index < -0.39 is 8.07 Å². The fourth-order valence-electron chi connectivity index (χ4n) is 2.58. The summed E-state index contributed by atoms with van der Waals surface area (Å²) in [6.45, 7) is 8.91. The molecule has 0 N–H and O–H groups in total. The van der Waals surface area contributed by atoms with Crippen LogP contribution in [0.1, 0.15) is 11.1 Å². The lowest BCUT2D eigenvalue weighted by Crippen LogP contribution is -2.47. The second-order valence-electron chi connectivity index (χ2n) is 5.32. The lowest BCUT2D eigenvalue weighted by atomic mass is 10.1. The molecular formula is C17H19BrSi. The lowest BCUT2D eigenvalue weighted by Gasteiger charge is -2.32. The van der Waals surface area contributed by atoms with Crippen LogP contribution in [0, 0.1) is 0 Å². The van der Waals surface area contributed by atoms with Gasteiger partial charge in [-0.2, -0.15) is 0 Å². The fraction of sp³-hybridized carbons (Fsp3) is 0.176. The van der Waals surface area contributed by atoms with E-state index in [1.54, 1.807) is 0 Å². The highest BCUT2D eigenvalue weighted by Crippen LogP contribution is 2.32. The summed E-state index contributed by atoms with van der Waals surface area (Å²) >= 11 is 3.68. The Balaban J connectivity index is 2.48. The van der Waals surface area contributed by atoms with Gasteiger partial charge in [-0.1, -0.05) is 88.8 Å². The van der Waals surface area contributed by atoms with Gasteiger partial charge in [0.25, 0.3) is 0 Å². The predicted octanol–water partition coefficient (Wildman–Crippen LogP) is 4.87. The minimum absolute atomic E-state index is 0.408. The summed E-state index contributed by atoms with van der Waals surface area (Å²) in [6.07, 6.45) is 2.11. The molecule has 0 unspecified atom stereocenters. The Labute approximate surface area is 125 Å². The van der Waals surface area contributed by atoms with Crippen LogP contribution in [0.25, 0.3) is 0 Å². The molecule has 0 aromatic heterocycles. The molecule has 0 bridgehead atoms. The van der Waals surface area contributed by atoms with Gasteiger partial charge in [0.05, 0.1) is 8.07 Å². The average Bonchev–Trinajstić information content (AvgIpc) is 2.42. The summed E-state index contributed by atoms with van der Waals surface area (Å²) in [4.78, 5) is 0. The number of halogens is 1. The van der Waals surface area contributed by atoms with Crippen LogP contribution >= 0.6 is 15.9 Å². The first-order valence-electron chi connectivity index (χ1n) is 6.50. The SMILES string of the molecule is C=C[C@@H](c1ccccc1Br)[Si](C)(C)c1ccccc1. The molecule has 98 valence electrons. The Hall–Kier alpha value is -1.12. The zero-order chi connectivity index (χ0) is 13.9. The summed E-state index contributed by atoms with van der Waals surface area (Å²) in [7, 11) is -1.63. The molecule has 2 rings (SSSR count). The second kappa shape index (κ2) is 5.89. The standard InChI is InChI=1S/C17H19BrSi/c1-4-17(15-12-8-9-13-16(15)18)19(2,3)14-10-6-5-7-11-14/h4-13,17H,1H2,2-3H3/t17-/m0/s1. The molecule has 0 heterocycles. The van der Waals surface area contributed by atoms with Crippen LogP contribution < -0.4 is 5.19 Å². The third-order valence-corrected chi connectivity index (χ3v) is 8.42. The second-order valence-corrected chi connectivity index (χ2v) is 10.8. The van der Waals surface area contributed by atoms with Crippen LogP contribution in [0.5, 0.6) is 0 Å². The van der Waals surface area contributed by atoms with Crippen molar-refractivity contribution in [2.45, 2.75) is 18.6 Å². The maximum absolute atomic E-state index is 4.08. The Morgan fingerprint density at radius 2 is 1.58 bits per heavy atom. The summed E-state index contributed by atoms with van der Waals surface area (Å²) in [6, 6.07) is 19.3. The lowest BCUT2D eigenvalue weighted by molar-refractivity contribution is 1.13. The van der Waals surface area contributed by atoms with Crippen LogP contribution in [-0.2, 0) is 0 Å². The van der Waals surface area contributed by atoms with E-state index in [1.165, 1.54) is 15.2 Å². The molecular weight excluding hydrogens is 312 g/mol. The number of hydrogen-bond donors (Lipinski definition) is 0. The molecule has 0 aliphatic rings. The molecule has 19 heavy (non-hydrogen) atoms. The van der Waals surface area contributed by atoms with Crippen molar-refractivity contribution in [2.24, 2.45) is 0 Å². The molecule has 0 aliphatic heterocycles. The molecule has 0 radical (unpaired) electrons. The van der Waals surface area contributed by atoms with Gasteiger partial charge in [0.2, 0.25) is 0 Å². The maximum Gasteiger partial charge on any atom is 0.0919 e. The molecule has 0 saturated carbocycles. The highest BCUT2D eigenvalue weighted by Gasteiger charge is 2.33. The van der Waals surface area contributed by atoms with E-state index in [0.29, 0.717) is 5.54 Å². The van der Waals surface area contributed by atoms with Crippen molar-refractivity contribution in [3.63, 3.8) is 0 Å². The van der Waals surface area contributed by atoms with Crippen molar-refractivity contribution >= 4 is 29.2 Å². The fourth-order valence-corrected chi connectivity index (χ4v) is 6.36. The molecule has 2 aromatic rings. The number of benzene rings is 2. The van der Waals surface area contributed by atoms with Gasteiger partial charge in [0, 0.05) is 10.0 Å². The van der Waals surface area contributed by atoms with Gasteiger partial charge in [0.1, 0.15) is 0 Å². The zero-order valence-corrected chi connectivity index (χ0v) is 14.0. The van der Waals surface area contributed by atoms with Gasteiger partial charge in [-0.3, -0.25) is 0 Å². The molecule has 0 saturated heterocycles. The van der Waals surface area contributed by atoms with E-state index >= 15 is 0 Å². The van der Waals surface area contributed by atoms with Gasteiger partial charge >= 0.3 is 0 Å². The summed E-state index contributed by atoms with van der Waals surface area (Å²) in [5.41, 5.74) is 1.75. The average molecular weight is 331 g/mol. The maximum atomic E-state index is 4.08. The summed E-state index contributed by atoms with van der Waals surface area (Å²) < 4.78 is 1.18. The van der Waals surface area contributed by atoms with E-state index in [9.17, 15) is 0 Å². The third kappa shape index (κ3) is 2.90. The minimum Gasteiger partial charge on any atom is -0.103 e. The van der Waals surface area contributed by atoms with Crippen LogP contribution in [0.3, 0.4) is 0 Å². The Kier molecular flexibility index (Phi) is 4.43. The molecule has 0 nitrogen and oxygen atoms in total. The Morgan fingerprint density at radius 3 is 2.16 bits per heavy atom. The number of rotatable bonds is 4. The first-order valence-corrected chi connectivity index (χ1v) is 10.4. The molecule has 0 fully saturated rings. The van der Waals surface area contributed by atoms with Gasteiger partial charge in [0.15, 0.2) is 0 Å². The van der Waals surface area contributed by atoms with E-state index in [-0.39, 0.29) is 0 Å². The molecule has 0 aliphatic carbocycles. The molecule has 0 amide bonds. The minimum atomic E-state index is -1.63. The van der Waals surface area contributed by atoms with Crippen LogP contribution in [0.4, 0.5) is 0 Å². The topological polar surface area (TPSA) is 0 Å². The number of allylic oxidation sites excluding steroid dienone is 1. The quantitative estimate of drug-likeness (QED) is 0.554. The molecule has 0 spiro atoms. The van der Waals surface area contributed by atoms with Crippen LogP contribution in [0.2, 0.25) is 13.1 Å². The zero-order valence-electron chi connectivity index (χ0n) is 11.4. The van der Waals surface area contributed by atoms with Crippen molar-refractivity contribution in [2.75, 3.05) is 0 Å². The first kappa shape index (κ1) is 14.3. The van der Waals surface area contributed by atoms with E-state index in [4.69, 9.17) is 0 Å². The summed E-state index contributed by atoms with van der Waals surface area (Å²) in [5.74, 6) is 0. The van der Waals surface area contributed by atoms with E-state index in [2.05, 4.69) is 96.3 Å². The first-order chi connectivity index (χ1) is 9.07. The number of hydrogen-bond acceptors (Lipinski definition) is 0. The van der Waals surface area contributed by atoms with Gasteiger partial charge < -0.3 is 0 Å². The monoisotopic (exact) mass is 330 g/mol. The highest BCUT2D eigenvalue weighted by molar-refractivity contribution is 9.10. The Bertz CT molecular complexity index is 560. The summed E-state index contributed by atoms with van der Waals surface area (Å²) in [5, 5.41) is 1.47. The molecule has 2 aromatic carbocycles. The molecule has 2 heteroatoms. The van der Waals surface area contributed by atoms with Crippen LogP contribution in [-0.4, -0.2) is 8.07 Å². The van der Waals surface area contributed by atoms with Crippen molar-refractivity contribution in [1.82, 2.24) is 0 Å². The van der Waals surface area contributed by atoms with Crippen LogP contribution in [0.15, 0.2) is 71.7 Å². The smallest absolute Gasteiger partial charge is 0.0919 e. The van der Waals surface area contributed by atoms with Crippen molar-refractivity contribution < 1.29 is 0 Å². The van der Waals surface area contributed by atoms with E-state index in [1.807, 2.05) is 0 Å². The van der Waals surface area contributed by atoms with Crippen molar-refractivity contribution in [1.29, 1.82) is 0 Å². The van der Waals surface area contributed by atoms with E-state index in [0.717, 1.165) is 0 Å². The predicted molar refractivity (Wildman–Crippen MR) is 90.6 cm³/mol. The van der Waals surface area contributed by atoms with Gasteiger partial charge in [-0.15, -0.1) is 6.58 Å². The normalized spacial score (nSPS) is 13.0. The Morgan fingerprint density at radius 1 is 1.00 bits per heavy atom. The highest BCUT2D eigenvalue weighted by atomic mass is 79.9. The van der Waals surface area contributed by atoms with Gasteiger partial charge in [-0.25, -0.2) is 0 Å².